The molecule has 1 aliphatic heterocycles. The lowest BCUT2D eigenvalue weighted by Gasteiger charge is -2.31. The van der Waals surface area contributed by atoms with Crippen molar-refractivity contribution in [3.05, 3.63) is 22.8 Å². The van der Waals surface area contributed by atoms with Crippen molar-refractivity contribution in [2.24, 2.45) is 5.92 Å². The highest BCUT2D eigenvalue weighted by Gasteiger charge is 2.32. The molecule has 0 aliphatic carbocycles. The maximum atomic E-state index is 12.5. The molecule has 1 aromatic heterocycles. The summed E-state index contributed by atoms with van der Waals surface area (Å²) >= 11 is 5.85. The summed E-state index contributed by atoms with van der Waals surface area (Å²) in [6, 6.07) is 0.840. The Morgan fingerprint density at radius 1 is 1.40 bits per heavy atom. The Morgan fingerprint density at radius 3 is 2.45 bits per heavy atom. The van der Waals surface area contributed by atoms with Crippen LogP contribution in [0.15, 0.2) is 12.3 Å². The lowest BCUT2D eigenvalue weighted by atomic mass is 9.97. The molecule has 1 saturated heterocycles. The highest BCUT2D eigenvalue weighted by molar-refractivity contribution is 6.33. The fourth-order valence-electron chi connectivity index (χ4n) is 2.16. The van der Waals surface area contributed by atoms with Gasteiger partial charge in [0.05, 0.1) is 16.5 Å². The first-order chi connectivity index (χ1) is 9.29. The fraction of sp³-hybridized carbons (Fsp3) is 0.500. The standard InChI is InChI=1S/C12H12ClF3N2O2/c13-9-5-8(12(14,15)16)6-17-10(9)18-3-1-7(2-4-18)11(19)20/h5-7H,1-4H2,(H,19,20). The Balaban J connectivity index is 2.13. The van der Waals surface area contributed by atoms with E-state index in [-0.39, 0.29) is 10.8 Å². The number of carboxylic acid groups (broad SMARTS) is 1. The van der Waals surface area contributed by atoms with Crippen molar-refractivity contribution in [2.75, 3.05) is 18.0 Å². The van der Waals surface area contributed by atoms with Gasteiger partial charge in [0, 0.05) is 19.3 Å². The molecule has 1 aromatic rings. The van der Waals surface area contributed by atoms with Crippen molar-refractivity contribution in [1.82, 2.24) is 4.98 Å². The molecular weight excluding hydrogens is 297 g/mol. The minimum absolute atomic E-state index is 0.0754. The number of nitrogens with zero attached hydrogens (tertiary/aromatic N) is 2. The van der Waals surface area contributed by atoms with Crippen LogP contribution in [0.2, 0.25) is 5.02 Å². The zero-order valence-corrected chi connectivity index (χ0v) is 11.1. The number of rotatable bonds is 2. The van der Waals surface area contributed by atoms with Gasteiger partial charge in [0.15, 0.2) is 0 Å². The Morgan fingerprint density at radius 2 is 2.00 bits per heavy atom. The number of pyridine rings is 1. The van der Waals surface area contributed by atoms with E-state index in [1.807, 2.05) is 0 Å². The molecule has 2 heterocycles. The number of alkyl halides is 3. The molecule has 0 spiro atoms. The Bertz CT molecular complexity index is 514. The third kappa shape index (κ3) is 3.15. The van der Waals surface area contributed by atoms with Crippen molar-refractivity contribution in [2.45, 2.75) is 19.0 Å². The normalized spacial score (nSPS) is 17.3. The lowest BCUT2D eigenvalue weighted by Crippen LogP contribution is -2.37. The molecule has 0 saturated carbocycles. The molecule has 110 valence electrons. The van der Waals surface area contributed by atoms with Crippen LogP contribution in [0.4, 0.5) is 19.0 Å². The van der Waals surface area contributed by atoms with Crippen molar-refractivity contribution >= 4 is 23.4 Å². The zero-order chi connectivity index (χ0) is 14.9. The van der Waals surface area contributed by atoms with E-state index in [2.05, 4.69) is 4.98 Å². The van der Waals surface area contributed by atoms with E-state index in [9.17, 15) is 18.0 Å². The van der Waals surface area contributed by atoms with Gasteiger partial charge >= 0.3 is 12.1 Å². The number of aromatic nitrogens is 1. The van der Waals surface area contributed by atoms with Gasteiger partial charge < -0.3 is 10.0 Å². The predicted octanol–water partition coefficient (Wildman–Crippen LogP) is 3.05. The van der Waals surface area contributed by atoms with Crippen molar-refractivity contribution in [3.63, 3.8) is 0 Å². The summed E-state index contributed by atoms with van der Waals surface area (Å²) in [5.74, 6) is -1.00. The summed E-state index contributed by atoms with van der Waals surface area (Å²) in [4.78, 5) is 16.3. The predicted molar refractivity (Wildman–Crippen MR) is 66.8 cm³/mol. The van der Waals surface area contributed by atoms with Crippen LogP contribution in [-0.4, -0.2) is 29.1 Å². The quantitative estimate of drug-likeness (QED) is 0.912. The van der Waals surface area contributed by atoms with Gasteiger partial charge in [0.1, 0.15) is 5.82 Å². The fourth-order valence-corrected chi connectivity index (χ4v) is 2.44. The van der Waals surface area contributed by atoms with Crippen LogP contribution in [0, 0.1) is 5.92 Å². The molecule has 4 nitrogen and oxygen atoms in total. The number of anilines is 1. The van der Waals surface area contributed by atoms with Crippen LogP contribution in [0.25, 0.3) is 0 Å². The number of carboxylic acids is 1. The molecule has 0 atom stereocenters. The van der Waals surface area contributed by atoms with Gasteiger partial charge in [0.2, 0.25) is 0 Å². The van der Waals surface area contributed by atoms with Crippen LogP contribution in [0.1, 0.15) is 18.4 Å². The van der Waals surface area contributed by atoms with E-state index in [0.29, 0.717) is 25.9 Å². The van der Waals surface area contributed by atoms with Crippen LogP contribution in [0.5, 0.6) is 0 Å². The molecule has 0 amide bonds. The van der Waals surface area contributed by atoms with Gasteiger partial charge in [0.25, 0.3) is 0 Å². The molecule has 1 N–H and O–H groups in total. The molecule has 2 rings (SSSR count). The number of piperidine rings is 1. The molecule has 0 unspecified atom stereocenters. The second kappa shape index (κ2) is 5.47. The topological polar surface area (TPSA) is 53.4 Å². The van der Waals surface area contributed by atoms with E-state index in [1.165, 1.54) is 0 Å². The molecule has 8 heteroatoms. The summed E-state index contributed by atoms with van der Waals surface area (Å²) in [5, 5.41) is 8.82. The highest BCUT2D eigenvalue weighted by atomic mass is 35.5. The van der Waals surface area contributed by atoms with Gasteiger partial charge in [-0.1, -0.05) is 11.6 Å². The zero-order valence-electron chi connectivity index (χ0n) is 10.3. The van der Waals surface area contributed by atoms with E-state index in [0.717, 1.165) is 12.3 Å². The van der Waals surface area contributed by atoms with Gasteiger partial charge in [-0.2, -0.15) is 13.2 Å². The highest BCUT2D eigenvalue weighted by Crippen LogP contribution is 2.34. The minimum atomic E-state index is -4.48. The third-order valence-electron chi connectivity index (χ3n) is 3.29. The number of halogens is 4. The molecule has 20 heavy (non-hydrogen) atoms. The minimum Gasteiger partial charge on any atom is -0.481 e. The van der Waals surface area contributed by atoms with E-state index >= 15 is 0 Å². The molecule has 0 aromatic carbocycles. The second-order valence-electron chi connectivity index (χ2n) is 4.63. The largest absolute Gasteiger partial charge is 0.481 e. The van der Waals surface area contributed by atoms with E-state index in [4.69, 9.17) is 16.7 Å². The van der Waals surface area contributed by atoms with Gasteiger partial charge in [-0.25, -0.2) is 4.98 Å². The SMILES string of the molecule is O=C(O)C1CCN(c2ncc(C(F)(F)F)cc2Cl)CC1. The van der Waals surface area contributed by atoms with Crippen LogP contribution in [-0.2, 0) is 11.0 Å². The first kappa shape index (κ1) is 14.9. The summed E-state index contributed by atoms with van der Waals surface area (Å²) < 4.78 is 37.5. The molecule has 1 aliphatic rings. The second-order valence-corrected chi connectivity index (χ2v) is 5.03. The van der Waals surface area contributed by atoms with Crippen LogP contribution >= 0.6 is 11.6 Å². The summed E-state index contributed by atoms with van der Waals surface area (Å²) in [6.07, 6.45) is -2.89. The molecule has 1 fully saturated rings. The average molecular weight is 309 g/mol. The van der Waals surface area contributed by atoms with Crippen molar-refractivity contribution < 1.29 is 23.1 Å². The van der Waals surface area contributed by atoms with Crippen LogP contribution < -0.4 is 4.90 Å². The van der Waals surface area contributed by atoms with E-state index < -0.39 is 23.6 Å². The van der Waals surface area contributed by atoms with Gasteiger partial charge in [-0.05, 0) is 18.9 Å². The third-order valence-corrected chi connectivity index (χ3v) is 3.57. The number of hydrogen-bond donors (Lipinski definition) is 1. The summed E-state index contributed by atoms with van der Waals surface area (Å²) in [7, 11) is 0. The Hall–Kier alpha value is -1.50. The van der Waals surface area contributed by atoms with Crippen molar-refractivity contribution in [3.8, 4) is 0 Å². The van der Waals surface area contributed by atoms with Crippen LogP contribution in [0.3, 0.4) is 0 Å². The lowest BCUT2D eigenvalue weighted by molar-refractivity contribution is -0.142. The van der Waals surface area contributed by atoms with Gasteiger partial charge in [-0.3, -0.25) is 4.79 Å². The molecule has 0 radical (unpaired) electrons. The van der Waals surface area contributed by atoms with E-state index in [1.54, 1.807) is 4.90 Å². The first-order valence-corrected chi connectivity index (χ1v) is 6.37. The smallest absolute Gasteiger partial charge is 0.417 e. The Labute approximate surface area is 118 Å². The number of hydrogen-bond acceptors (Lipinski definition) is 3. The van der Waals surface area contributed by atoms with Crippen molar-refractivity contribution in [1.29, 1.82) is 0 Å². The monoisotopic (exact) mass is 308 g/mol. The summed E-state index contributed by atoms with van der Waals surface area (Å²) in [6.45, 7) is 0.824. The average Bonchev–Trinajstić information content (AvgIpc) is 2.37. The summed E-state index contributed by atoms with van der Waals surface area (Å²) in [5.41, 5.74) is -0.897. The maximum Gasteiger partial charge on any atom is 0.417 e. The number of carbonyl (C=O) groups is 1. The number of aliphatic carboxylic acids is 1. The maximum absolute atomic E-state index is 12.5. The van der Waals surface area contributed by atoms with Gasteiger partial charge in [-0.15, -0.1) is 0 Å². The molecule has 0 bridgehead atoms. The first-order valence-electron chi connectivity index (χ1n) is 5.99. The Kier molecular flexibility index (Phi) is 4.08. The molecular formula is C12H12ClF3N2O2.